The van der Waals surface area contributed by atoms with Gasteiger partial charge in [-0.1, -0.05) is 10.8 Å². The average molecular weight is 1160 g/mol. The molecule has 0 atom stereocenters. The molecule has 384 valence electrons. The Labute approximate surface area is 482 Å². The Morgan fingerprint density at radius 2 is 0.818 bits per heavy atom. The van der Waals surface area contributed by atoms with E-state index >= 15 is 0 Å². The van der Waals surface area contributed by atoms with E-state index in [9.17, 15) is 48.4 Å². The van der Waals surface area contributed by atoms with Crippen molar-refractivity contribution in [3.8, 4) is 11.5 Å². The van der Waals surface area contributed by atoms with Crippen LogP contribution in [0.4, 0.5) is 56.9 Å². The predicted molar refractivity (Wildman–Crippen MR) is 267 cm³/mol. The van der Waals surface area contributed by atoms with Gasteiger partial charge in [0.15, 0.2) is 5.75 Å². The number of benzene rings is 8. The van der Waals surface area contributed by atoms with E-state index in [1.165, 1.54) is 121 Å². The first-order chi connectivity index (χ1) is 35.2. The van der Waals surface area contributed by atoms with E-state index in [0.29, 0.717) is 16.8 Å². The van der Waals surface area contributed by atoms with Gasteiger partial charge in [-0.2, -0.15) is 42.8 Å². The molecule has 0 fully saturated rings. The van der Waals surface area contributed by atoms with Crippen LogP contribution in [0.5, 0.6) is 11.5 Å². The topological polar surface area (TPSA) is 454 Å². The molecule has 0 saturated carbocycles. The van der Waals surface area contributed by atoms with Gasteiger partial charge in [0, 0.05) is 33.9 Å². The number of nitrogens with zero attached hydrogens (tertiary/aromatic N) is 8. The van der Waals surface area contributed by atoms with Crippen LogP contribution in [0.15, 0.2) is 199 Å². The number of phenols is 2. The van der Waals surface area contributed by atoms with Crippen LogP contribution in [0.2, 0.25) is 0 Å². The number of primary sulfonamides is 2. The van der Waals surface area contributed by atoms with Gasteiger partial charge in [0.25, 0.3) is 0 Å². The summed E-state index contributed by atoms with van der Waals surface area (Å²) in [5.74, 6) is -1.21. The van der Waals surface area contributed by atoms with Crippen molar-refractivity contribution < 1.29 is 120 Å². The number of aromatic hydroxyl groups is 2. The molecule has 0 aliphatic carbocycles. The Hall–Kier alpha value is -6.82. The summed E-state index contributed by atoms with van der Waals surface area (Å²) >= 11 is 0. The Morgan fingerprint density at radius 1 is 0.468 bits per heavy atom. The summed E-state index contributed by atoms with van der Waals surface area (Å²) < 4.78 is 136. The monoisotopic (exact) mass is 1160 g/mol. The SMILES string of the molecule is Nc1ccc(N=Nc2ccc(S(N)(=O)=O)cc2)c2c[c-]c(N=Nc3ccc(S(=O)(=O)c4ccc(N=Nc5c(S(=O)(=O)[O-])cc6c(N=Nc7ccc(S(N)(=O)=O)cc7)ccc(N)c6c5O)cc4)cc3)c(O)c12.O=S(=O)=O.[Na+].[Na+]. The molecule has 0 aromatic heterocycles. The summed E-state index contributed by atoms with van der Waals surface area (Å²) in [6.07, 6.45) is 0. The van der Waals surface area contributed by atoms with Gasteiger partial charge in [-0.05, 0) is 127 Å². The molecule has 0 aliphatic rings. The van der Waals surface area contributed by atoms with Crippen molar-refractivity contribution in [3.63, 3.8) is 0 Å². The van der Waals surface area contributed by atoms with Crippen LogP contribution >= 0.6 is 0 Å². The summed E-state index contributed by atoms with van der Waals surface area (Å²) in [6.45, 7) is 0. The first-order valence-corrected chi connectivity index (χ1v) is 27.4. The quantitative estimate of drug-likeness (QED) is 0.0316. The van der Waals surface area contributed by atoms with Gasteiger partial charge in [-0.25, -0.2) is 43.9 Å². The number of rotatable bonds is 13. The zero-order chi connectivity index (χ0) is 54.6. The van der Waals surface area contributed by atoms with E-state index in [4.69, 9.17) is 34.4 Å². The molecule has 0 unspecified atom stereocenters. The zero-order valence-corrected chi connectivity index (χ0v) is 47.5. The van der Waals surface area contributed by atoms with Crippen molar-refractivity contribution in [2.75, 3.05) is 11.5 Å². The molecule has 8 aromatic rings. The number of anilines is 2. The number of phenolic OH excluding ortho intramolecular Hbond substituents is 2. The Kier molecular flexibility index (Phi) is 19.6. The second-order valence-electron chi connectivity index (χ2n) is 15.1. The van der Waals surface area contributed by atoms with Crippen molar-refractivity contribution in [1.82, 2.24) is 0 Å². The number of hydrogen-bond acceptors (Lipinski definition) is 24. The standard InChI is InChI=1S/C44H33N12O11S4.2Na.O3S/c45-34-18-21-36(53-49-25-5-13-30(14-6-25)69(47,61)62)32-17-20-38(43(57)40(32)34)55-51-24-1-9-28(10-2-24)68(59,60)29-11-3-27(4-12-29)52-56-42-39(71(65,66)67)23-33-37(22-19-35(46)41(33)44(42)58)54-50-26-7-15-31(16-8-26)70(48,63)64;;;1-4(2)3/h1-19,21-23,57-58H,45-46H2,(H2,47,61,62)(H2,48,63,64)(H,65,66,67);;;/q-1;2*+1;/p-1. The number of hydrogen-bond donors (Lipinski definition) is 6. The van der Waals surface area contributed by atoms with Crippen LogP contribution in [0.25, 0.3) is 21.5 Å². The predicted octanol–water partition coefficient (Wildman–Crippen LogP) is 2.07. The van der Waals surface area contributed by atoms with E-state index in [0.717, 1.165) is 6.07 Å². The summed E-state index contributed by atoms with van der Waals surface area (Å²) in [5, 5.41) is 65.4. The molecule has 8 aromatic carbocycles. The summed E-state index contributed by atoms with van der Waals surface area (Å²) in [6, 6.07) is 31.5. The van der Waals surface area contributed by atoms with Gasteiger partial charge in [0.1, 0.15) is 15.8 Å². The maximum atomic E-state index is 13.6. The van der Waals surface area contributed by atoms with Crippen LogP contribution in [-0.2, 0) is 50.6 Å². The molecule has 0 spiro atoms. The maximum absolute atomic E-state index is 13.6. The van der Waals surface area contributed by atoms with E-state index in [-0.39, 0.29) is 140 Å². The molecular weight excluding hydrogens is 1130 g/mol. The molecule has 33 heteroatoms. The second kappa shape index (κ2) is 24.7. The largest absolute Gasteiger partial charge is 1.00 e. The fraction of sp³-hybridized carbons (Fsp3) is 0. The van der Waals surface area contributed by atoms with Crippen molar-refractivity contribution in [2.45, 2.75) is 24.5 Å². The molecule has 0 radical (unpaired) electrons. The molecular formula is C44H32N12Na2O14S5. The number of nitrogen functional groups attached to an aromatic ring is 2. The number of sulfonamides is 2. The van der Waals surface area contributed by atoms with Crippen molar-refractivity contribution in [1.29, 1.82) is 0 Å². The van der Waals surface area contributed by atoms with Gasteiger partial charge in [-0.15, -0.1) is 22.9 Å². The van der Waals surface area contributed by atoms with Crippen LogP contribution in [0.3, 0.4) is 0 Å². The molecule has 26 nitrogen and oxygen atoms in total. The van der Waals surface area contributed by atoms with Crippen LogP contribution < -0.4 is 80.9 Å². The first kappa shape index (κ1) is 61.0. The molecule has 0 aliphatic heterocycles. The normalized spacial score (nSPS) is 12.2. The third-order valence-corrected chi connectivity index (χ3v) is 14.8. The van der Waals surface area contributed by atoms with E-state index in [1.54, 1.807) is 6.07 Å². The van der Waals surface area contributed by atoms with Gasteiger partial charge in [0.05, 0.1) is 58.3 Å². The van der Waals surface area contributed by atoms with Crippen LogP contribution in [0, 0.1) is 6.07 Å². The second-order valence-corrected chi connectivity index (χ2v) is 22.0. The zero-order valence-electron chi connectivity index (χ0n) is 39.4. The summed E-state index contributed by atoms with van der Waals surface area (Å²) in [4.78, 5) is -1.58. The van der Waals surface area contributed by atoms with Crippen molar-refractivity contribution in [2.24, 2.45) is 51.2 Å². The minimum atomic E-state index is -5.35. The van der Waals surface area contributed by atoms with Crippen LogP contribution in [0.1, 0.15) is 0 Å². The Morgan fingerprint density at radius 3 is 1.21 bits per heavy atom. The van der Waals surface area contributed by atoms with Crippen molar-refractivity contribution in [3.05, 3.63) is 140 Å². The fourth-order valence-corrected chi connectivity index (χ4v) is 9.66. The molecule has 0 amide bonds. The smallest absolute Gasteiger partial charge is 0.744 e. The number of fused-ring (bicyclic) bond motifs is 2. The van der Waals surface area contributed by atoms with Gasteiger partial charge < -0.3 is 26.2 Å². The van der Waals surface area contributed by atoms with Gasteiger partial charge >= 0.3 is 69.7 Å². The van der Waals surface area contributed by atoms with E-state index in [1.807, 2.05) is 0 Å². The minimum Gasteiger partial charge on any atom is -0.744 e. The minimum absolute atomic E-state index is 0. The van der Waals surface area contributed by atoms with Crippen molar-refractivity contribution >= 4 is 129 Å². The average Bonchev–Trinajstić information content (AvgIpc) is 3.34. The molecule has 0 heterocycles. The molecule has 0 saturated heterocycles. The Bertz CT molecular complexity index is 4310. The fourth-order valence-electron chi connectivity index (χ4n) is 6.73. The molecule has 77 heavy (non-hydrogen) atoms. The molecule has 10 N–H and O–H groups in total. The number of nitrogens with two attached hydrogens (primary N) is 4. The number of azo groups is 4. The summed E-state index contributed by atoms with van der Waals surface area (Å²) in [7, 11) is -20.5. The van der Waals surface area contributed by atoms with E-state index in [2.05, 4.69) is 47.0 Å². The Balaban J connectivity index is 0.00000176. The van der Waals surface area contributed by atoms with Gasteiger partial charge in [0.2, 0.25) is 29.9 Å². The molecule has 0 bridgehead atoms. The molecule has 8 rings (SSSR count). The number of sulfone groups is 1. The summed E-state index contributed by atoms with van der Waals surface area (Å²) in [5.41, 5.74) is 12.5. The first-order valence-electron chi connectivity index (χ1n) is 20.4. The van der Waals surface area contributed by atoms with E-state index < -0.39 is 66.9 Å². The van der Waals surface area contributed by atoms with Gasteiger partial charge in [-0.3, -0.25) is 0 Å². The third-order valence-electron chi connectivity index (χ3n) is 10.3. The maximum Gasteiger partial charge on any atom is 1.00 e. The third kappa shape index (κ3) is 14.6. The van der Waals surface area contributed by atoms with Crippen LogP contribution in [-0.4, -0.2) is 61.1 Å².